The van der Waals surface area contributed by atoms with Gasteiger partial charge in [-0.25, -0.2) is 4.79 Å². The van der Waals surface area contributed by atoms with E-state index < -0.39 is 22.3 Å². The predicted molar refractivity (Wildman–Crippen MR) is 111 cm³/mol. The van der Waals surface area contributed by atoms with Crippen molar-refractivity contribution in [3.8, 4) is 0 Å². The summed E-state index contributed by atoms with van der Waals surface area (Å²) in [6.07, 6.45) is 0. The number of carbonyl (C=O) groups excluding carboxylic acids is 2. The van der Waals surface area contributed by atoms with Crippen molar-refractivity contribution >= 4 is 17.6 Å². The summed E-state index contributed by atoms with van der Waals surface area (Å²) in [6, 6.07) is 6.08. The van der Waals surface area contributed by atoms with Crippen LogP contribution in [0.3, 0.4) is 0 Å². The molecule has 160 valence electrons. The van der Waals surface area contributed by atoms with Crippen LogP contribution in [0.1, 0.15) is 46.1 Å². The molecule has 1 aromatic rings. The van der Waals surface area contributed by atoms with Gasteiger partial charge in [-0.05, 0) is 32.3 Å². The summed E-state index contributed by atoms with van der Waals surface area (Å²) in [5.74, 6) is -1.36. The van der Waals surface area contributed by atoms with Gasteiger partial charge >= 0.3 is 5.97 Å². The van der Waals surface area contributed by atoms with Crippen LogP contribution in [0.5, 0.6) is 0 Å². The van der Waals surface area contributed by atoms with Gasteiger partial charge in [0, 0.05) is 24.9 Å². The molecule has 8 nitrogen and oxygen atoms in total. The van der Waals surface area contributed by atoms with E-state index >= 15 is 0 Å². The maximum Gasteiger partial charge on any atom is 0.336 e. The first-order chi connectivity index (χ1) is 14.0. The van der Waals surface area contributed by atoms with Crippen molar-refractivity contribution in [2.24, 2.45) is 5.92 Å². The summed E-state index contributed by atoms with van der Waals surface area (Å²) in [7, 11) is 1.71. The third-order valence-electron chi connectivity index (χ3n) is 5.73. The van der Waals surface area contributed by atoms with E-state index in [1.807, 2.05) is 27.7 Å². The number of allylic oxidation sites excluding steroid dienone is 1. The van der Waals surface area contributed by atoms with Gasteiger partial charge in [-0.15, -0.1) is 0 Å². The van der Waals surface area contributed by atoms with Crippen LogP contribution in [-0.2, 0) is 14.3 Å². The van der Waals surface area contributed by atoms with E-state index in [4.69, 9.17) is 4.74 Å². The number of amides is 1. The molecule has 0 aromatic heterocycles. The first-order valence-electron chi connectivity index (χ1n) is 9.88. The molecule has 1 atom stereocenters. The molecule has 2 aliphatic heterocycles. The highest BCUT2D eigenvalue weighted by Gasteiger charge is 2.50. The number of dihydropyridines is 1. The van der Waals surface area contributed by atoms with Crippen molar-refractivity contribution in [1.29, 1.82) is 0 Å². The lowest BCUT2D eigenvalue weighted by atomic mass is 9.79. The minimum Gasteiger partial charge on any atom is -0.462 e. The third kappa shape index (κ3) is 3.46. The van der Waals surface area contributed by atoms with Gasteiger partial charge in [0.05, 0.1) is 39.8 Å². The van der Waals surface area contributed by atoms with E-state index in [0.717, 1.165) is 0 Å². The number of esters is 1. The standard InChI is InChI=1S/C22H27N3O5/c1-12(2)11-30-21(27)16-13(3)23-19-18(20(26)24(6)22(19,4)5)17(16)14-8-7-9-15(10-14)25(28)29/h7-10,12,17,23H,11H2,1-6H3. The number of nitrogens with zero attached hydrogens (tertiary/aromatic N) is 2. The maximum absolute atomic E-state index is 13.2. The number of nitro benzene ring substituents is 1. The molecule has 1 aromatic carbocycles. The average molecular weight is 413 g/mol. The molecule has 0 radical (unpaired) electrons. The summed E-state index contributed by atoms with van der Waals surface area (Å²) >= 11 is 0. The van der Waals surface area contributed by atoms with E-state index in [1.54, 1.807) is 31.0 Å². The number of benzene rings is 1. The van der Waals surface area contributed by atoms with Crippen LogP contribution >= 0.6 is 0 Å². The fraction of sp³-hybridized carbons (Fsp3) is 0.455. The van der Waals surface area contributed by atoms with Crippen molar-refractivity contribution in [3.05, 3.63) is 62.5 Å². The van der Waals surface area contributed by atoms with Gasteiger partial charge in [-0.3, -0.25) is 14.9 Å². The van der Waals surface area contributed by atoms with E-state index in [1.165, 1.54) is 12.1 Å². The summed E-state index contributed by atoms with van der Waals surface area (Å²) in [4.78, 5) is 38.7. The van der Waals surface area contributed by atoms with Gasteiger partial charge in [-0.2, -0.15) is 0 Å². The first kappa shape index (κ1) is 21.5. The Morgan fingerprint density at radius 3 is 2.63 bits per heavy atom. The molecule has 0 spiro atoms. The lowest BCUT2D eigenvalue weighted by Gasteiger charge is -2.34. The molecule has 8 heteroatoms. The Hall–Kier alpha value is -3.16. The molecule has 3 rings (SSSR count). The van der Waals surface area contributed by atoms with E-state index in [0.29, 0.717) is 28.1 Å². The Morgan fingerprint density at radius 1 is 1.37 bits per heavy atom. The molecule has 0 fully saturated rings. The summed E-state index contributed by atoms with van der Waals surface area (Å²) in [5, 5.41) is 14.6. The van der Waals surface area contributed by atoms with Gasteiger partial charge < -0.3 is 15.0 Å². The van der Waals surface area contributed by atoms with Crippen LogP contribution in [0.4, 0.5) is 5.69 Å². The number of hydrogen-bond donors (Lipinski definition) is 1. The molecule has 2 heterocycles. The third-order valence-corrected chi connectivity index (χ3v) is 5.73. The molecule has 1 amide bonds. The molecule has 1 unspecified atom stereocenters. The Kier molecular flexibility index (Phi) is 5.45. The minimum absolute atomic E-state index is 0.0983. The van der Waals surface area contributed by atoms with Crippen LogP contribution in [0, 0.1) is 16.0 Å². The number of carbonyl (C=O) groups is 2. The zero-order valence-electron chi connectivity index (χ0n) is 18.1. The Morgan fingerprint density at radius 2 is 2.03 bits per heavy atom. The van der Waals surface area contributed by atoms with Crippen molar-refractivity contribution in [2.45, 2.75) is 46.1 Å². The highest BCUT2D eigenvalue weighted by atomic mass is 16.6. The van der Waals surface area contributed by atoms with Gasteiger partial charge in [0.1, 0.15) is 0 Å². The number of ether oxygens (including phenoxy) is 1. The zero-order valence-corrected chi connectivity index (χ0v) is 18.1. The largest absolute Gasteiger partial charge is 0.462 e. The molecule has 30 heavy (non-hydrogen) atoms. The van der Waals surface area contributed by atoms with Gasteiger partial charge in [0.25, 0.3) is 11.6 Å². The Labute approximate surface area is 175 Å². The van der Waals surface area contributed by atoms with E-state index in [9.17, 15) is 19.7 Å². The van der Waals surface area contributed by atoms with Crippen LogP contribution in [-0.4, -0.2) is 40.9 Å². The molecule has 0 bridgehead atoms. The monoisotopic (exact) mass is 413 g/mol. The Bertz CT molecular complexity index is 990. The molecule has 0 saturated heterocycles. The second kappa shape index (κ2) is 7.59. The van der Waals surface area contributed by atoms with Crippen LogP contribution in [0.25, 0.3) is 0 Å². The minimum atomic E-state index is -0.752. The zero-order chi connectivity index (χ0) is 22.4. The van der Waals surface area contributed by atoms with Crippen LogP contribution in [0.2, 0.25) is 0 Å². The molecule has 2 aliphatic rings. The fourth-order valence-corrected chi connectivity index (χ4v) is 3.88. The van der Waals surface area contributed by atoms with Gasteiger partial charge in [0.2, 0.25) is 0 Å². The number of non-ortho nitro benzene ring substituents is 1. The molecular formula is C22H27N3O5. The molecule has 0 saturated carbocycles. The highest BCUT2D eigenvalue weighted by molar-refractivity contribution is 6.05. The number of rotatable bonds is 5. The number of nitro groups is 1. The van der Waals surface area contributed by atoms with Crippen molar-refractivity contribution in [2.75, 3.05) is 13.7 Å². The second-order valence-corrected chi connectivity index (χ2v) is 8.65. The SMILES string of the molecule is CC1=C(C(=O)OCC(C)C)C(c2cccc([N+](=O)[O-])c2)C2=C(N1)C(C)(C)N(C)C2=O. The Balaban J connectivity index is 2.19. The molecule has 1 N–H and O–H groups in total. The first-order valence-corrected chi connectivity index (χ1v) is 9.88. The second-order valence-electron chi connectivity index (χ2n) is 8.65. The average Bonchev–Trinajstić information content (AvgIpc) is 2.85. The van der Waals surface area contributed by atoms with Gasteiger partial charge in [-0.1, -0.05) is 26.0 Å². The number of nitrogens with one attached hydrogen (secondary N) is 1. The van der Waals surface area contributed by atoms with Crippen molar-refractivity contribution < 1.29 is 19.2 Å². The quantitative estimate of drug-likeness (QED) is 0.452. The van der Waals surface area contributed by atoms with Crippen LogP contribution in [0.15, 0.2) is 46.8 Å². The summed E-state index contributed by atoms with van der Waals surface area (Å²) < 4.78 is 5.49. The lowest BCUT2D eigenvalue weighted by Crippen LogP contribution is -2.43. The summed E-state index contributed by atoms with van der Waals surface area (Å²) in [6.45, 7) is 9.70. The van der Waals surface area contributed by atoms with E-state index in [-0.39, 0.29) is 24.1 Å². The molecule has 0 aliphatic carbocycles. The topological polar surface area (TPSA) is 102 Å². The lowest BCUT2D eigenvalue weighted by molar-refractivity contribution is -0.384. The molecular weight excluding hydrogens is 386 g/mol. The normalized spacial score (nSPS) is 20.4. The number of likely N-dealkylation sites (N-methyl/N-ethyl adjacent to an activating group) is 1. The van der Waals surface area contributed by atoms with E-state index in [2.05, 4.69) is 5.32 Å². The van der Waals surface area contributed by atoms with Crippen molar-refractivity contribution in [1.82, 2.24) is 10.2 Å². The van der Waals surface area contributed by atoms with Crippen LogP contribution < -0.4 is 5.32 Å². The highest BCUT2D eigenvalue weighted by Crippen LogP contribution is 2.47. The summed E-state index contributed by atoms with van der Waals surface area (Å²) in [5.41, 5.74) is 1.80. The smallest absolute Gasteiger partial charge is 0.336 e. The number of hydrogen-bond acceptors (Lipinski definition) is 6. The maximum atomic E-state index is 13.2. The predicted octanol–water partition coefficient (Wildman–Crippen LogP) is 3.26. The van der Waals surface area contributed by atoms with Gasteiger partial charge in [0.15, 0.2) is 0 Å². The van der Waals surface area contributed by atoms with Crippen molar-refractivity contribution in [3.63, 3.8) is 0 Å². The fourth-order valence-electron chi connectivity index (χ4n) is 3.88.